The molecule has 1 heterocycles. The lowest BCUT2D eigenvalue weighted by atomic mass is 9.96. The molecule has 0 aromatic rings. The van der Waals surface area contributed by atoms with Crippen molar-refractivity contribution in [2.24, 2.45) is 0 Å². The maximum atomic E-state index is 2.44. The van der Waals surface area contributed by atoms with Gasteiger partial charge >= 0.3 is 0 Å². The fourth-order valence-electron chi connectivity index (χ4n) is 1.55. The van der Waals surface area contributed by atoms with Crippen LogP contribution in [0, 0.1) is 0 Å². The molecule has 1 aliphatic heterocycles. The van der Waals surface area contributed by atoms with Gasteiger partial charge in [0.15, 0.2) is 0 Å². The molecule has 1 rings (SSSR count). The third kappa shape index (κ3) is 2.06. The molecule has 0 spiro atoms. The molecule has 1 unspecified atom stereocenters. The molecular formula is C10H19N. The normalized spacial score (nSPS) is 27.3. The number of likely N-dealkylation sites (N-methyl/N-ethyl adjacent to an activating group) is 1. The van der Waals surface area contributed by atoms with Crippen LogP contribution in [0.25, 0.3) is 0 Å². The van der Waals surface area contributed by atoms with E-state index in [0.717, 1.165) is 6.04 Å². The third-order valence-electron chi connectivity index (χ3n) is 2.76. The van der Waals surface area contributed by atoms with E-state index in [9.17, 15) is 0 Å². The van der Waals surface area contributed by atoms with Crippen molar-refractivity contribution in [1.29, 1.82) is 0 Å². The molecule has 0 saturated carbocycles. The van der Waals surface area contributed by atoms with Gasteiger partial charge in [-0.3, -0.25) is 4.90 Å². The highest BCUT2D eigenvalue weighted by Gasteiger charge is 2.17. The summed E-state index contributed by atoms with van der Waals surface area (Å²) in [6.45, 7) is 7.93. The van der Waals surface area contributed by atoms with Crippen molar-refractivity contribution in [3.8, 4) is 0 Å². The van der Waals surface area contributed by atoms with Gasteiger partial charge in [0.05, 0.1) is 0 Å². The second-order valence-electron chi connectivity index (χ2n) is 3.91. The van der Waals surface area contributed by atoms with Crippen LogP contribution in [-0.4, -0.2) is 24.5 Å². The van der Waals surface area contributed by atoms with E-state index in [1.165, 1.54) is 25.0 Å². The molecule has 1 atom stereocenters. The van der Waals surface area contributed by atoms with E-state index in [1.54, 1.807) is 5.57 Å². The second kappa shape index (κ2) is 3.40. The van der Waals surface area contributed by atoms with Crippen molar-refractivity contribution in [1.82, 2.24) is 4.90 Å². The van der Waals surface area contributed by atoms with Crippen molar-refractivity contribution >= 4 is 0 Å². The van der Waals surface area contributed by atoms with Gasteiger partial charge in [-0.2, -0.15) is 0 Å². The predicted octanol–water partition coefficient (Wildman–Crippen LogP) is 2.44. The first-order valence-corrected chi connectivity index (χ1v) is 4.46. The van der Waals surface area contributed by atoms with Crippen LogP contribution in [0.1, 0.15) is 33.6 Å². The van der Waals surface area contributed by atoms with Gasteiger partial charge < -0.3 is 0 Å². The number of rotatable bonds is 0. The van der Waals surface area contributed by atoms with E-state index in [4.69, 9.17) is 0 Å². The summed E-state index contributed by atoms with van der Waals surface area (Å²) in [6.07, 6.45) is 2.64. The Morgan fingerprint density at radius 3 is 2.55 bits per heavy atom. The van der Waals surface area contributed by atoms with E-state index < -0.39 is 0 Å². The number of allylic oxidation sites excluding steroid dienone is 1. The number of hydrogen-bond donors (Lipinski definition) is 0. The lowest BCUT2D eigenvalue weighted by Crippen LogP contribution is -2.35. The van der Waals surface area contributed by atoms with Gasteiger partial charge in [0.2, 0.25) is 0 Å². The molecule has 0 bridgehead atoms. The first-order valence-electron chi connectivity index (χ1n) is 4.46. The summed E-state index contributed by atoms with van der Waals surface area (Å²) in [5.74, 6) is 0. The summed E-state index contributed by atoms with van der Waals surface area (Å²) in [5.41, 5.74) is 3.16. The largest absolute Gasteiger partial charge is 0.300 e. The molecule has 0 amide bonds. The van der Waals surface area contributed by atoms with Gasteiger partial charge in [-0.25, -0.2) is 0 Å². The highest BCUT2D eigenvalue weighted by atomic mass is 15.1. The van der Waals surface area contributed by atoms with Gasteiger partial charge in [-0.15, -0.1) is 0 Å². The summed E-state index contributed by atoms with van der Waals surface area (Å²) in [7, 11) is 2.22. The predicted molar refractivity (Wildman–Crippen MR) is 49.7 cm³/mol. The van der Waals surface area contributed by atoms with Crippen molar-refractivity contribution in [2.75, 3.05) is 13.6 Å². The molecule has 1 heteroatoms. The van der Waals surface area contributed by atoms with E-state index in [1.807, 2.05) is 0 Å². The van der Waals surface area contributed by atoms with Crippen LogP contribution in [0.15, 0.2) is 11.1 Å². The number of piperidine rings is 1. The van der Waals surface area contributed by atoms with Gasteiger partial charge in [0, 0.05) is 12.6 Å². The van der Waals surface area contributed by atoms with E-state index >= 15 is 0 Å². The molecular weight excluding hydrogens is 134 g/mol. The molecule has 1 fully saturated rings. The molecule has 0 radical (unpaired) electrons. The summed E-state index contributed by atoms with van der Waals surface area (Å²) >= 11 is 0. The zero-order valence-corrected chi connectivity index (χ0v) is 8.15. The molecule has 1 nitrogen and oxygen atoms in total. The van der Waals surface area contributed by atoms with Gasteiger partial charge in [-0.1, -0.05) is 11.1 Å². The van der Waals surface area contributed by atoms with Crippen LogP contribution in [0.5, 0.6) is 0 Å². The minimum Gasteiger partial charge on any atom is -0.300 e. The smallest absolute Gasteiger partial charge is 0.0195 e. The number of nitrogens with zero attached hydrogens (tertiary/aromatic N) is 1. The zero-order chi connectivity index (χ0) is 8.43. The van der Waals surface area contributed by atoms with Gasteiger partial charge in [-0.05, 0) is 40.7 Å². The number of hydrogen-bond acceptors (Lipinski definition) is 1. The lowest BCUT2D eigenvalue weighted by molar-refractivity contribution is 0.235. The van der Waals surface area contributed by atoms with Crippen molar-refractivity contribution in [2.45, 2.75) is 39.7 Å². The van der Waals surface area contributed by atoms with Crippen LogP contribution in [0.3, 0.4) is 0 Å². The quantitative estimate of drug-likeness (QED) is 0.483. The lowest BCUT2D eigenvalue weighted by Gasteiger charge is -2.32. The zero-order valence-electron chi connectivity index (χ0n) is 8.15. The topological polar surface area (TPSA) is 3.24 Å². The molecule has 1 aliphatic rings. The highest BCUT2D eigenvalue weighted by molar-refractivity contribution is 5.14. The fraction of sp³-hybridized carbons (Fsp3) is 0.800. The van der Waals surface area contributed by atoms with Crippen molar-refractivity contribution < 1.29 is 0 Å². The average Bonchev–Trinajstić information content (AvgIpc) is 1.94. The first-order chi connectivity index (χ1) is 5.11. The monoisotopic (exact) mass is 153 g/mol. The molecule has 0 aromatic heterocycles. The fourth-order valence-corrected chi connectivity index (χ4v) is 1.55. The van der Waals surface area contributed by atoms with Crippen molar-refractivity contribution in [3.05, 3.63) is 11.1 Å². The summed E-state index contributed by atoms with van der Waals surface area (Å²) in [5, 5.41) is 0. The Morgan fingerprint density at radius 2 is 2.09 bits per heavy atom. The van der Waals surface area contributed by atoms with Crippen LogP contribution < -0.4 is 0 Å². The Kier molecular flexibility index (Phi) is 2.72. The summed E-state index contributed by atoms with van der Waals surface area (Å²) in [6, 6.07) is 0.776. The Labute approximate surface area is 70.1 Å². The standard InChI is InChI=1S/C10H19N/c1-8(2)10-6-5-9(3)11(4)7-10/h9H,5-7H2,1-4H3. The van der Waals surface area contributed by atoms with Crippen LogP contribution >= 0.6 is 0 Å². The Bertz CT molecular complexity index is 166. The van der Waals surface area contributed by atoms with Gasteiger partial charge in [0.1, 0.15) is 0 Å². The summed E-state index contributed by atoms with van der Waals surface area (Å²) in [4.78, 5) is 2.44. The minimum absolute atomic E-state index is 0.776. The van der Waals surface area contributed by atoms with E-state index in [2.05, 4.69) is 32.7 Å². The maximum Gasteiger partial charge on any atom is 0.0195 e. The Morgan fingerprint density at radius 1 is 1.45 bits per heavy atom. The minimum atomic E-state index is 0.776. The third-order valence-corrected chi connectivity index (χ3v) is 2.76. The summed E-state index contributed by atoms with van der Waals surface area (Å²) < 4.78 is 0. The Hall–Kier alpha value is -0.300. The Balaban J connectivity index is 2.60. The van der Waals surface area contributed by atoms with Crippen molar-refractivity contribution in [3.63, 3.8) is 0 Å². The molecule has 0 aromatic carbocycles. The first kappa shape index (κ1) is 8.79. The molecule has 1 saturated heterocycles. The van der Waals surface area contributed by atoms with Gasteiger partial charge in [0.25, 0.3) is 0 Å². The molecule has 0 aliphatic carbocycles. The number of likely N-dealkylation sites (tertiary alicyclic amines) is 1. The molecule has 0 N–H and O–H groups in total. The van der Waals surface area contributed by atoms with Crippen LogP contribution in [0.4, 0.5) is 0 Å². The average molecular weight is 153 g/mol. The van der Waals surface area contributed by atoms with E-state index in [-0.39, 0.29) is 0 Å². The van der Waals surface area contributed by atoms with E-state index in [0.29, 0.717) is 0 Å². The SMILES string of the molecule is CC(C)=C1CCC(C)N(C)C1. The molecule has 11 heavy (non-hydrogen) atoms. The van der Waals surface area contributed by atoms with Crippen LogP contribution in [-0.2, 0) is 0 Å². The maximum absolute atomic E-state index is 2.44. The second-order valence-corrected chi connectivity index (χ2v) is 3.91. The highest BCUT2D eigenvalue weighted by Crippen LogP contribution is 2.21. The molecule has 64 valence electrons. The van der Waals surface area contributed by atoms with Crippen LogP contribution in [0.2, 0.25) is 0 Å².